The van der Waals surface area contributed by atoms with Crippen LogP contribution in [-0.2, 0) is 4.79 Å². The number of benzene rings is 1. The van der Waals surface area contributed by atoms with Crippen LogP contribution in [0.25, 0.3) is 5.82 Å². The van der Waals surface area contributed by atoms with E-state index in [2.05, 4.69) is 20.0 Å². The molecule has 0 saturated carbocycles. The zero-order valence-corrected chi connectivity index (χ0v) is 15.3. The van der Waals surface area contributed by atoms with Crippen molar-refractivity contribution in [3.8, 4) is 5.82 Å². The Morgan fingerprint density at radius 2 is 1.96 bits per heavy atom. The lowest BCUT2D eigenvalue weighted by Crippen LogP contribution is -2.44. The first-order chi connectivity index (χ1) is 13.2. The van der Waals surface area contributed by atoms with Gasteiger partial charge in [0.1, 0.15) is 12.1 Å². The van der Waals surface area contributed by atoms with Crippen LogP contribution in [-0.4, -0.2) is 45.8 Å². The van der Waals surface area contributed by atoms with Gasteiger partial charge in [0.15, 0.2) is 5.82 Å². The Hall–Kier alpha value is -3.22. The monoisotopic (exact) mass is 362 g/mol. The number of aromatic nitrogens is 4. The summed E-state index contributed by atoms with van der Waals surface area (Å²) < 4.78 is 1.71. The number of hydrogen-bond acceptors (Lipinski definition) is 5. The first kappa shape index (κ1) is 17.2. The zero-order valence-electron chi connectivity index (χ0n) is 15.3. The summed E-state index contributed by atoms with van der Waals surface area (Å²) in [6, 6.07) is 13.5. The molecule has 0 aliphatic carbocycles. The first-order valence-electron chi connectivity index (χ1n) is 9.12. The lowest BCUT2D eigenvalue weighted by molar-refractivity contribution is -0.122. The maximum atomic E-state index is 13.0. The second-order valence-electron chi connectivity index (χ2n) is 6.70. The second-order valence-corrected chi connectivity index (χ2v) is 6.70. The van der Waals surface area contributed by atoms with Crippen LogP contribution >= 0.6 is 0 Å². The maximum absolute atomic E-state index is 13.0. The summed E-state index contributed by atoms with van der Waals surface area (Å²) in [6.45, 7) is 1.54. The molecule has 2 aromatic heterocycles. The summed E-state index contributed by atoms with van der Waals surface area (Å²) in [4.78, 5) is 25.6. The molecule has 1 unspecified atom stereocenters. The average Bonchev–Trinajstić information content (AvgIpc) is 3.28. The fourth-order valence-electron chi connectivity index (χ4n) is 3.48. The van der Waals surface area contributed by atoms with Crippen molar-refractivity contribution in [3.05, 3.63) is 61.2 Å². The third-order valence-corrected chi connectivity index (χ3v) is 4.95. The molecule has 3 heterocycles. The van der Waals surface area contributed by atoms with Crippen molar-refractivity contribution in [2.75, 3.05) is 29.9 Å². The van der Waals surface area contributed by atoms with Crippen molar-refractivity contribution < 1.29 is 4.79 Å². The summed E-state index contributed by atoms with van der Waals surface area (Å²) in [5, 5.41) is 4.22. The third-order valence-electron chi connectivity index (χ3n) is 4.95. The van der Waals surface area contributed by atoms with Crippen molar-refractivity contribution in [1.29, 1.82) is 0 Å². The Morgan fingerprint density at radius 1 is 1.15 bits per heavy atom. The second kappa shape index (κ2) is 7.57. The van der Waals surface area contributed by atoms with Gasteiger partial charge >= 0.3 is 0 Å². The molecular weight excluding hydrogens is 340 g/mol. The topological polar surface area (TPSA) is 67.2 Å². The number of para-hydroxylation sites is 1. The van der Waals surface area contributed by atoms with Crippen LogP contribution in [0.4, 0.5) is 11.5 Å². The Morgan fingerprint density at radius 3 is 2.74 bits per heavy atom. The lowest BCUT2D eigenvalue weighted by atomic mass is 9.96. The summed E-state index contributed by atoms with van der Waals surface area (Å²) in [5.41, 5.74) is 0.919. The summed E-state index contributed by atoms with van der Waals surface area (Å²) >= 11 is 0. The van der Waals surface area contributed by atoms with Gasteiger partial charge in [-0.3, -0.25) is 4.79 Å². The van der Waals surface area contributed by atoms with Crippen LogP contribution < -0.4 is 9.80 Å². The van der Waals surface area contributed by atoms with E-state index < -0.39 is 0 Å². The molecule has 0 bridgehead atoms. The van der Waals surface area contributed by atoms with Gasteiger partial charge in [0.2, 0.25) is 5.91 Å². The van der Waals surface area contributed by atoms with Gasteiger partial charge in [0.05, 0.1) is 5.92 Å². The predicted molar refractivity (Wildman–Crippen MR) is 104 cm³/mol. The number of anilines is 2. The number of carbonyl (C=O) groups is 1. The highest BCUT2D eigenvalue weighted by Gasteiger charge is 2.29. The Labute approximate surface area is 158 Å². The van der Waals surface area contributed by atoms with E-state index in [-0.39, 0.29) is 11.8 Å². The van der Waals surface area contributed by atoms with E-state index in [0.29, 0.717) is 6.54 Å². The van der Waals surface area contributed by atoms with Crippen LogP contribution in [0.3, 0.4) is 0 Å². The van der Waals surface area contributed by atoms with E-state index in [1.54, 1.807) is 22.1 Å². The van der Waals surface area contributed by atoms with Crippen molar-refractivity contribution in [1.82, 2.24) is 19.7 Å². The molecule has 1 aromatic carbocycles. The lowest BCUT2D eigenvalue weighted by Gasteiger charge is -2.34. The fourth-order valence-corrected chi connectivity index (χ4v) is 3.48. The molecule has 1 fully saturated rings. The van der Waals surface area contributed by atoms with Crippen LogP contribution in [0.2, 0.25) is 0 Å². The molecule has 7 heteroatoms. The number of rotatable bonds is 4. The van der Waals surface area contributed by atoms with E-state index in [1.807, 2.05) is 55.7 Å². The Kier molecular flexibility index (Phi) is 4.82. The van der Waals surface area contributed by atoms with Crippen LogP contribution in [0.5, 0.6) is 0 Å². The Bertz CT molecular complexity index is 896. The molecule has 1 aliphatic heterocycles. The molecule has 1 amide bonds. The van der Waals surface area contributed by atoms with E-state index in [9.17, 15) is 4.79 Å². The molecule has 27 heavy (non-hydrogen) atoms. The number of carbonyl (C=O) groups excluding carboxylic acids is 1. The highest BCUT2D eigenvalue weighted by Crippen LogP contribution is 2.25. The first-order valence-corrected chi connectivity index (χ1v) is 9.12. The van der Waals surface area contributed by atoms with E-state index in [0.717, 1.165) is 36.7 Å². The summed E-state index contributed by atoms with van der Waals surface area (Å²) in [6.07, 6.45) is 6.97. The quantitative estimate of drug-likeness (QED) is 0.713. The average molecular weight is 362 g/mol. The van der Waals surface area contributed by atoms with Gasteiger partial charge in [-0.25, -0.2) is 14.6 Å². The molecule has 3 aromatic rings. The number of nitrogens with zero attached hydrogens (tertiary/aromatic N) is 6. The molecule has 7 nitrogen and oxygen atoms in total. The highest BCUT2D eigenvalue weighted by atomic mass is 16.2. The molecule has 1 atom stereocenters. The largest absolute Gasteiger partial charge is 0.356 e. The molecule has 0 radical (unpaired) electrons. The molecule has 0 N–H and O–H groups in total. The molecule has 0 spiro atoms. The summed E-state index contributed by atoms with van der Waals surface area (Å²) in [7, 11) is 1.84. The van der Waals surface area contributed by atoms with Crippen molar-refractivity contribution in [2.45, 2.75) is 12.8 Å². The minimum Gasteiger partial charge on any atom is -0.356 e. The minimum atomic E-state index is -0.0490. The highest BCUT2D eigenvalue weighted by molar-refractivity contribution is 5.95. The number of hydrogen-bond donors (Lipinski definition) is 0. The van der Waals surface area contributed by atoms with Gasteiger partial charge < -0.3 is 9.80 Å². The Balaban J connectivity index is 1.50. The van der Waals surface area contributed by atoms with Gasteiger partial charge in [0, 0.05) is 44.3 Å². The van der Waals surface area contributed by atoms with E-state index in [1.165, 1.54) is 0 Å². The van der Waals surface area contributed by atoms with Crippen molar-refractivity contribution >= 4 is 17.4 Å². The fraction of sp³-hybridized carbons (Fsp3) is 0.300. The number of piperidine rings is 1. The molecular formula is C20H22N6O. The van der Waals surface area contributed by atoms with Gasteiger partial charge in [-0.05, 0) is 31.0 Å². The van der Waals surface area contributed by atoms with Gasteiger partial charge in [-0.1, -0.05) is 18.2 Å². The maximum Gasteiger partial charge on any atom is 0.231 e. The molecule has 4 rings (SSSR count). The smallest absolute Gasteiger partial charge is 0.231 e. The van der Waals surface area contributed by atoms with Gasteiger partial charge in [-0.15, -0.1) is 0 Å². The predicted octanol–water partition coefficient (Wildman–Crippen LogP) is 2.54. The van der Waals surface area contributed by atoms with Crippen LogP contribution in [0.15, 0.2) is 61.2 Å². The van der Waals surface area contributed by atoms with E-state index in [4.69, 9.17) is 0 Å². The van der Waals surface area contributed by atoms with E-state index >= 15 is 0 Å². The summed E-state index contributed by atoms with van der Waals surface area (Å²) in [5.74, 6) is 1.65. The SMILES string of the molecule is CN(C(=O)C1CCCN(c2cc(-n3cccn3)ncn2)C1)c1ccccc1. The molecule has 1 saturated heterocycles. The van der Waals surface area contributed by atoms with Gasteiger partial charge in [0.25, 0.3) is 0 Å². The molecule has 138 valence electrons. The number of amides is 1. The van der Waals surface area contributed by atoms with Crippen molar-refractivity contribution in [3.63, 3.8) is 0 Å². The third kappa shape index (κ3) is 3.67. The molecule has 1 aliphatic rings. The standard InChI is InChI=1S/C20H22N6O/c1-24(17-8-3-2-4-9-17)20(27)16-7-5-11-25(14-16)18-13-19(22-15-21-18)26-12-6-10-23-26/h2-4,6,8-10,12-13,15-16H,5,7,11,14H2,1H3. The van der Waals surface area contributed by atoms with Crippen LogP contribution in [0, 0.1) is 5.92 Å². The van der Waals surface area contributed by atoms with Gasteiger partial charge in [-0.2, -0.15) is 5.10 Å². The normalized spacial score (nSPS) is 16.9. The van der Waals surface area contributed by atoms with Crippen molar-refractivity contribution in [2.24, 2.45) is 5.92 Å². The zero-order chi connectivity index (χ0) is 18.6. The van der Waals surface area contributed by atoms with Crippen LogP contribution in [0.1, 0.15) is 12.8 Å². The minimum absolute atomic E-state index is 0.0490.